The van der Waals surface area contributed by atoms with Crippen molar-refractivity contribution in [3.8, 4) is 5.75 Å². The summed E-state index contributed by atoms with van der Waals surface area (Å²) >= 11 is 0. The van der Waals surface area contributed by atoms with E-state index in [0.29, 0.717) is 31.8 Å². The van der Waals surface area contributed by atoms with E-state index in [1.165, 1.54) is 17.0 Å². The highest BCUT2D eigenvalue weighted by Gasteiger charge is 2.36. The van der Waals surface area contributed by atoms with Gasteiger partial charge in [-0.05, 0) is 43.4 Å². The van der Waals surface area contributed by atoms with Gasteiger partial charge < -0.3 is 14.4 Å². The first-order chi connectivity index (χ1) is 13.0. The van der Waals surface area contributed by atoms with E-state index in [9.17, 15) is 18.7 Å². The van der Waals surface area contributed by atoms with E-state index < -0.39 is 12.7 Å². The Morgan fingerprint density at radius 3 is 2.63 bits per heavy atom. The van der Waals surface area contributed by atoms with Crippen molar-refractivity contribution < 1.29 is 23.4 Å². The summed E-state index contributed by atoms with van der Waals surface area (Å²) in [4.78, 5) is 17.7. The Bertz CT molecular complexity index is 818. The van der Waals surface area contributed by atoms with Crippen LogP contribution in [-0.2, 0) is 13.0 Å². The van der Waals surface area contributed by atoms with E-state index in [4.69, 9.17) is 0 Å². The predicted molar refractivity (Wildman–Crippen MR) is 93.1 cm³/mol. The monoisotopic (exact) mass is 377 g/mol. The third-order valence-electron chi connectivity index (χ3n) is 5.24. The number of ether oxygens (including phenoxy) is 1. The number of halogens is 2. The molecule has 1 unspecified atom stereocenters. The van der Waals surface area contributed by atoms with E-state index in [2.05, 4.69) is 14.3 Å². The Kier molecular flexibility index (Phi) is 4.72. The number of benzene rings is 1. The second-order valence-electron chi connectivity index (χ2n) is 7.02. The highest BCUT2D eigenvalue weighted by molar-refractivity contribution is 5.66. The molecule has 1 amide bonds. The lowest BCUT2D eigenvalue weighted by Gasteiger charge is -2.35. The van der Waals surface area contributed by atoms with Crippen molar-refractivity contribution in [1.29, 1.82) is 0 Å². The van der Waals surface area contributed by atoms with Gasteiger partial charge in [-0.2, -0.15) is 8.78 Å². The van der Waals surface area contributed by atoms with Gasteiger partial charge in [0.25, 0.3) is 0 Å². The number of rotatable bonds is 6. The van der Waals surface area contributed by atoms with E-state index in [1.54, 1.807) is 12.1 Å². The Balaban J connectivity index is 1.50. The van der Waals surface area contributed by atoms with E-state index in [0.717, 1.165) is 29.9 Å². The first kappa shape index (κ1) is 17.8. The number of alkyl halides is 2. The first-order valence-electron chi connectivity index (χ1n) is 9.11. The van der Waals surface area contributed by atoms with Crippen molar-refractivity contribution >= 4 is 6.09 Å². The summed E-state index contributed by atoms with van der Waals surface area (Å²) in [7, 11) is 0. The van der Waals surface area contributed by atoms with E-state index in [-0.39, 0.29) is 11.8 Å². The van der Waals surface area contributed by atoms with Crippen LogP contribution in [0.1, 0.15) is 48.3 Å². The standard InChI is InChI=1S/C19H21F2N3O3/c20-18(21)27-14-6-1-12(2-7-14)3-8-15-16-11-22-17(13-4-5-13)23(16)9-10-24(15)19(25)26/h1-2,6-7,11,13,15,18H,3-5,8-10H2,(H,25,26). The smallest absolute Gasteiger partial charge is 0.407 e. The van der Waals surface area contributed by atoms with Gasteiger partial charge in [0.2, 0.25) is 0 Å². The van der Waals surface area contributed by atoms with E-state index >= 15 is 0 Å². The molecule has 0 spiro atoms. The summed E-state index contributed by atoms with van der Waals surface area (Å²) in [5.74, 6) is 1.71. The second kappa shape index (κ2) is 7.17. The maximum atomic E-state index is 12.2. The maximum Gasteiger partial charge on any atom is 0.407 e. The van der Waals surface area contributed by atoms with Crippen molar-refractivity contribution in [2.75, 3.05) is 6.54 Å². The molecule has 1 aliphatic heterocycles. The summed E-state index contributed by atoms with van der Waals surface area (Å²) in [6, 6.07) is 6.23. The molecule has 1 atom stereocenters. The van der Waals surface area contributed by atoms with Gasteiger partial charge in [-0.1, -0.05) is 12.1 Å². The molecule has 1 aromatic heterocycles. The summed E-state index contributed by atoms with van der Waals surface area (Å²) in [6.07, 6.45) is 4.42. The number of carbonyl (C=O) groups is 1. The lowest BCUT2D eigenvalue weighted by Crippen LogP contribution is -2.41. The highest BCUT2D eigenvalue weighted by atomic mass is 19.3. The zero-order chi connectivity index (χ0) is 19.0. The van der Waals surface area contributed by atoms with Crippen LogP contribution in [0.2, 0.25) is 0 Å². The molecule has 1 fully saturated rings. The van der Waals surface area contributed by atoms with Crippen molar-refractivity contribution in [3.63, 3.8) is 0 Å². The molecular weight excluding hydrogens is 356 g/mol. The number of imidazole rings is 1. The van der Waals surface area contributed by atoms with Gasteiger partial charge in [-0.15, -0.1) is 0 Å². The van der Waals surface area contributed by atoms with Crippen LogP contribution in [-0.4, -0.2) is 38.8 Å². The Hall–Kier alpha value is -2.64. The molecule has 8 heteroatoms. The molecule has 0 saturated heterocycles. The van der Waals surface area contributed by atoms with Crippen molar-refractivity contribution in [2.45, 2.75) is 50.8 Å². The molecule has 6 nitrogen and oxygen atoms in total. The lowest BCUT2D eigenvalue weighted by atomic mass is 10.0. The lowest BCUT2D eigenvalue weighted by molar-refractivity contribution is -0.0498. The highest BCUT2D eigenvalue weighted by Crippen LogP contribution is 2.42. The molecule has 2 heterocycles. The number of amides is 1. The second-order valence-corrected chi connectivity index (χ2v) is 7.02. The topological polar surface area (TPSA) is 67.6 Å². The molecule has 4 rings (SSSR count). The average Bonchev–Trinajstić information content (AvgIpc) is 3.39. The average molecular weight is 377 g/mol. The van der Waals surface area contributed by atoms with Gasteiger partial charge in [0.1, 0.15) is 11.6 Å². The fourth-order valence-corrected chi connectivity index (χ4v) is 3.78. The van der Waals surface area contributed by atoms with Gasteiger partial charge >= 0.3 is 12.7 Å². The molecule has 27 heavy (non-hydrogen) atoms. The molecule has 2 aliphatic rings. The van der Waals surface area contributed by atoms with Crippen molar-refractivity contribution in [1.82, 2.24) is 14.5 Å². The minimum absolute atomic E-state index is 0.116. The molecule has 1 saturated carbocycles. The largest absolute Gasteiger partial charge is 0.465 e. The minimum Gasteiger partial charge on any atom is -0.465 e. The fraction of sp³-hybridized carbons (Fsp3) is 0.474. The van der Waals surface area contributed by atoms with Crippen LogP contribution in [0, 0.1) is 0 Å². The zero-order valence-corrected chi connectivity index (χ0v) is 14.7. The number of hydrogen-bond donors (Lipinski definition) is 1. The molecule has 0 radical (unpaired) electrons. The van der Waals surface area contributed by atoms with Crippen molar-refractivity contribution in [3.05, 3.63) is 47.5 Å². The van der Waals surface area contributed by atoms with Crippen LogP contribution in [0.4, 0.5) is 13.6 Å². The number of fused-ring (bicyclic) bond motifs is 1. The molecule has 0 bridgehead atoms. The number of hydrogen-bond acceptors (Lipinski definition) is 3. The predicted octanol–water partition coefficient (Wildman–Crippen LogP) is 4.03. The van der Waals surface area contributed by atoms with Crippen LogP contribution in [0.3, 0.4) is 0 Å². The molecular formula is C19H21F2N3O3. The van der Waals surface area contributed by atoms with E-state index in [1.807, 2.05) is 6.20 Å². The Labute approximate surface area is 155 Å². The number of aryl methyl sites for hydroxylation is 1. The number of nitrogens with zero attached hydrogens (tertiary/aromatic N) is 3. The van der Waals surface area contributed by atoms with Gasteiger partial charge in [0, 0.05) is 19.0 Å². The third kappa shape index (κ3) is 3.74. The molecule has 2 aromatic rings. The van der Waals surface area contributed by atoms with Crippen LogP contribution >= 0.6 is 0 Å². The summed E-state index contributed by atoms with van der Waals surface area (Å²) in [5, 5.41) is 9.59. The van der Waals surface area contributed by atoms with Crippen LogP contribution in [0.15, 0.2) is 30.5 Å². The number of carboxylic acid groups (broad SMARTS) is 1. The number of aromatic nitrogens is 2. The quantitative estimate of drug-likeness (QED) is 0.825. The summed E-state index contributed by atoms with van der Waals surface area (Å²) in [5.41, 5.74) is 1.89. The normalized spacial score (nSPS) is 19.2. The van der Waals surface area contributed by atoms with Crippen LogP contribution in [0.5, 0.6) is 5.75 Å². The van der Waals surface area contributed by atoms with Gasteiger partial charge in [0.05, 0.1) is 17.9 Å². The summed E-state index contributed by atoms with van der Waals surface area (Å²) in [6.45, 7) is -1.75. The Morgan fingerprint density at radius 1 is 1.26 bits per heavy atom. The summed E-state index contributed by atoms with van der Waals surface area (Å²) < 4.78 is 31.0. The van der Waals surface area contributed by atoms with Gasteiger partial charge in [-0.25, -0.2) is 9.78 Å². The Morgan fingerprint density at radius 2 is 2.00 bits per heavy atom. The van der Waals surface area contributed by atoms with Gasteiger partial charge in [-0.3, -0.25) is 4.90 Å². The van der Waals surface area contributed by atoms with Crippen LogP contribution < -0.4 is 4.74 Å². The maximum absolute atomic E-state index is 12.2. The zero-order valence-electron chi connectivity index (χ0n) is 14.7. The fourth-order valence-electron chi connectivity index (χ4n) is 3.78. The van der Waals surface area contributed by atoms with Crippen molar-refractivity contribution in [2.24, 2.45) is 0 Å². The van der Waals surface area contributed by atoms with Gasteiger partial charge in [0.15, 0.2) is 0 Å². The molecule has 1 aliphatic carbocycles. The third-order valence-corrected chi connectivity index (χ3v) is 5.24. The molecule has 1 N–H and O–H groups in total. The van der Waals surface area contributed by atoms with Crippen LogP contribution in [0.25, 0.3) is 0 Å². The first-order valence-corrected chi connectivity index (χ1v) is 9.11. The SMILES string of the molecule is O=C(O)N1CCn2c(cnc2C2CC2)C1CCc1ccc(OC(F)F)cc1. The minimum atomic E-state index is -2.84. The molecule has 144 valence electrons. The molecule has 1 aromatic carbocycles.